The zero-order valence-electron chi connectivity index (χ0n) is 8.41. The van der Waals surface area contributed by atoms with E-state index in [1.54, 1.807) is 0 Å². The van der Waals surface area contributed by atoms with Gasteiger partial charge in [-0.3, -0.25) is 0 Å². The standard InChI is InChI=1S/2C3H6O3.Ni.2H2O/c2*1-6-2-3(4)5;;;/h2*2H2,1H3,(H,4,5);;2*1H2/p+2. The first-order valence-electron chi connectivity index (χ1n) is 2.96. The molecule has 0 atom stereocenters. The van der Waals surface area contributed by atoms with Crippen LogP contribution in [0.2, 0.25) is 0 Å². The fourth-order valence-corrected chi connectivity index (χ4v) is 0.247. The van der Waals surface area contributed by atoms with E-state index in [1.165, 1.54) is 14.2 Å². The number of hydrogen-bond acceptors (Lipinski definition) is 4. The summed E-state index contributed by atoms with van der Waals surface area (Å²) in [6.07, 6.45) is 0. The third kappa shape index (κ3) is 60.7. The fraction of sp³-hybridized carbons (Fsp3) is 0.667. The summed E-state index contributed by atoms with van der Waals surface area (Å²) in [7, 11) is 2.68. The second kappa shape index (κ2) is 23.3. The van der Waals surface area contributed by atoms with Gasteiger partial charge in [0.2, 0.25) is 0 Å². The van der Waals surface area contributed by atoms with Crippen molar-refractivity contribution in [3.63, 3.8) is 0 Å². The van der Waals surface area contributed by atoms with Gasteiger partial charge in [-0.25, -0.2) is 9.59 Å². The molecule has 0 amide bonds. The van der Waals surface area contributed by atoms with Crippen LogP contribution in [0.5, 0.6) is 0 Å². The van der Waals surface area contributed by atoms with Crippen LogP contribution in [0.1, 0.15) is 0 Å². The minimum atomic E-state index is -0.933. The van der Waals surface area contributed by atoms with Crippen molar-refractivity contribution >= 4 is 11.9 Å². The van der Waals surface area contributed by atoms with Gasteiger partial charge in [-0.1, -0.05) is 0 Å². The van der Waals surface area contributed by atoms with E-state index in [4.69, 9.17) is 10.2 Å². The molecule has 98 valence electrons. The van der Waals surface area contributed by atoms with E-state index < -0.39 is 11.9 Å². The molecular weight excluding hydrogens is 259 g/mol. The quantitative estimate of drug-likeness (QED) is 0.429. The molecule has 8 nitrogen and oxygen atoms in total. The van der Waals surface area contributed by atoms with Crippen LogP contribution in [0.25, 0.3) is 0 Å². The Kier molecular flexibility index (Phi) is 45.3. The molecule has 0 aromatic rings. The Morgan fingerprint density at radius 1 is 0.933 bits per heavy atom. The van der Waals surface area contributed by atoms with Gasteiger partial charge < -0.3 is 30.6 Å². The molecule has 0 aromatic heterocycles. The number of rotatable bonds is 4. The average Bonchev–Trinajstić information content (AvgIpc) is 1.87. The van der Waals surface area contributed by atoms with Crippen molar-refractivity contribution < 1.29 is 56.7 Å². The minimum Gasteiger partial charge on any atom is -0.480 e. The molecule has 8 N–H and O–H groups in total. The van der Waals surface area contributed by atoms with Crippen molar-refractivity contribution in [3.8, 4) is 0 Å². The van der Waals surface area contributed by atoms with Crippen LogP contribution >= 0.6 is 0 Å². The van der Waals surface area contributed by atoms with Gasteiger partial charge in [0.1, 0.15) is 13.2 Å². The van der Waals surface area contributed by atoms with Crippen molar-refractivity contribution in [2.45, 2.75) is 0 Å². The molecule has 0 heterocycles. The average molecular weight is 277 g/mol. The second-order valence-electron chi connectivity index (χ2n) is 1.65. The first-order chi connectivity index (χ1) is 5.54. The SMILES string of the molecule is COCC(=O)O.COCC(=O)O.[Ni].[OH3+].[OH3+]. The smallest absolute Gasteiger partial charge is 0.329 e. The number of methoxy groups -OCH3 is 2. The Bertz CT molecular complexity index is 123. The van der Waals surface area contributed by atoms with E-state index in [-0.39, 0.29) is 40.7 Å². The topological polar surface area (TPSA) is 159 Å². The van der Waals surface area contributed by atoms with E-state index in [0.29, 0.717) is 0 Å². The molecule has 0 bridgehead atoms. The maximum absolute atomic E-state index is 9.47. The van der Waals surface area contributed by atoms with Crippen LogP contribution in [-0.4, -0.2) is 49.6 Å². The van der Waals surface area contributed by atoms with E-state index in [1.807, 2.05) is 0 Å². The van der Waals surface area contributed by atoms with E-state index in [2.05, 4.69) is 9.47 Å². The summed E-state index contributed by atoms with van der Waals surface area (Å²) < 4.78 is 8.41. The van der Waals surface area contributed by atoms with Crippen molar-refractivity contribution in [3.05, 3.63) is 0 Å². The molecule has 0 aliphatic rings. The summed E-state index contributed by atoms with van der Waals surface area (Å²) >= 11 is 0. The third-order valence-electron chi connectivity index (χ3n) is 0.536. The molecule has 0 aliphatic heterocycles. The largest absolute Gasteiger partial charge is 0.480 e. The number of ether oxygens (including phenoxy) is 2. The molecular formula is C6H18NiO8+2. The molecule has 0 aliphatic carbocycles. The number of carboxylic acids is 2. The summed E-state index contributed by atoms with van der Waals surface area (Å²) in [6.45, 7) is -0.417. The molecule has 0 spiro atoms. The predicted molar refractivity (Wildman–Crippen MR) is 48.8 cm³/mol. The number of aliphatic carboxylic acids is 2. The third-order valence-corrected chi connectivity index (χ3v) is 0.536. The molecule has 0 radical (unpaired) electrons. The van der Waals surface area contributed by atoms with Gasteiger partial charge in [-0.2, -0.15) is 0 Å². The molecule has 9 heteroatoms. The minimum absolute atomic E-state index is 0. The summed E-state index contributed by atoms with van der Waals surface area (Å²) in [6, 6.07) is 0. The van der Waals surface area contributed by atoms with Crippen LogP contribution in [0.4, 0.5) is 0 Å². The van der Waals surface area contributed by atoms with Crippen LogP contribution in [-0.2, 0) is 46.5 Å². The second-order valence-corrected chi connectivity index (χ2v) is 1.65. The van der Waals surface area contributed by atoms with Gasteiger partial charge in [-0.15, -0.1) is 0 Å². The van der Waals surface area contributed by atoms with Crippen molar-refractivity contribution in [1.29, 1.82) is 0 Å². The predicted octanol–water partition coefficient (Wildman–Crippen LogP) is -2.41. The molecule has 0 saturated heterocycles. The van der Waals surface area contributed by atoms with E-state index >= 15 is 0 Å². The van der Waals surface area contributed by atoms with E-state index in [9.17, 15) is 9.59 Å². The van der Waals surface area contributed by atoms with Gasteiger partial charge in [0.05, 0.1) is 0 Å². The first-order valence-corrected chi connectivity index (χ1v) is 2.96. The molecule has 15 heavy (non-hydrogen) atoms. The molecule has 0 aromatic carbocycles. The maximum Gasteiger partial charge on any atom is 0.329 e. The Morgan fingerprint density at radius 3 is 1.13 bits per heavy atom. The Morgan fingerprint density at radius 2 is 1.13 bits per heavy atom. The van der Waals surface area contributed by atoms with Gasteiger partial charge in [0.15, 0.2) is 0 Å². The van der Waals surface area contributed by atoms with Crippen molar-refractivity contribution in [2.75, 3.05) is 27.4 Å². The Hall–Kier alpha value is -0.726. The van der Waals surface area contributed by atoms with Crippen molar-refractivity contribution in [2.24, 2.45) is 0 Å². The molecule has 0 unspecified atom stereocenters. The summed E-state index contributed by atoms with van der Waals surface area (Å²) in [5.41, 5.74) is 0. The van der Waals surface area contributed by atoms with Gasteiger partial charge in [-0.05, 0) is 0 Å². The number of hydrogen-bond donors (Lipinski definition) is 2. The Labute approximate surface area is 96.7 Å². The van der Waals surface area contributed by atoms with Crippen molar-refractivity contribution in [1.82, 2.24) is 0 Å². The monoisotopic (exact) mass is 276 g/mol. The van der Waals surface area contributed by atoms with Crippen LogP contribution in [0.3, 0.4) is 0 Å². The summed E-state index contributed by atoms with van der Waals surface area (Å²) in [5.74, 6) is -1.87. The van der Waals surface area contributed by atoms with Gasteiger partial charge in [0, 0.05) is 30.7 Å². The van der Waals surface area contributed by atoms with Gasteiger partial charge >= 0.3 is 11.9 Å². The summed E-state index contributed by atoms with van der Waals surface area (Å²) in [5, 5.41) is 15.6. The van der Waals surface area contributed by atoms with Crippen LogP contribution in [0, 0.1) is 0 Å². The Balaban J connectivity index is -0.0000000370. The normalized spacial score (nSPS) is 6.53. The van der Waals surface area contributed by atoms with Crippen LogP contribution < -0.4 is 0 Å². The molecule has 0 fully saturated rings. The maximum atomic E-state index is 9.47. The number of carbonyl (C=O) groups is 2. The fourth-order valence-electron chi connectivity index (χ4n) is 0.247. The van der Waals surface area contributed by atoms with Crippen LogP contribution in [0.15, 0.2) is 0 Å². The van der Waals surface area contributed by atoms with Gasteiger partial charge in [0.25, 0.3) is 0 Å². The molecule has 0 saturated carbocycles. The zero-order valence-corrected chi connectivity index (χ0v) is 9.40. The summed E-state index contributed by atoms with van der Waals surface area (Å²) in [4.78, 5) is 18.9. The van der Waals surface area contributed by atoms with E-state index in [0.717, 1.165) is 0 Å². The first kappa shape index (κ1) is 29.2. The molecule has 0 rings (SSSR count). The number of carboxylic acid groups (broad SMARTS) is 2. The zero-order chi connectivity index (χ0) is 9.98.